The largest absolute Gasteiger partial charge is 0.369 e. The summed E-state index contributed by atoms with van der Waals surface area (Å²) in [6.07, 6.45) is 3.65. The normalized spacial score (nSPS) is 18.5. The van der Waals surface area contributed by atoms with Gasteiger partial charge in [0.15, 0.2) is 0 Å². The number of fused-ring (bicyclic) bond motifs is 1. The van der Waals surface area contributed by atoms with Gasteiger partial charge in [0.2, 0.25) is 0 Å². The van der Waals surface area contributed by atoms with E-state index in [9.17, 15) is 0 Å². The highest BCUT2D eigenvalue weighted by atomic mass is 15.2. The fraction of sp³-hybridized carbons (Fsp3) is 0.600. The highest BCUT2D eigenvalue weighted by Crippen LogP contribution is 2.34. The lowest BCUT2D eigenvalue weighted by atomic mass is 9.99. The molecule has 0 aromatic heterocycles. The Morgan fingerprint density at radius 1 is 1.41 bits per heavy atom. The van der Waals surface area contributed by atoms with Gasteiger partial charge in [-0.1, -0.05) is 12.1 Å². The van der Waals surface area contributed by atoms with Crippen LogP contribution in [0.4, 0.5) is 5.69 Å². The maximum atomic E-state index is 3.22. The van der Waals surface area contributed by atoms with Crippen molar-refractivity contribution >= 4 is 5.69 Å². The molecule has 2 nitrogen and oxygen atoms in total. The van der Waals surface area contributed by atoms with E-state index < -0.39 is 0 Å². The first-order valence-corrected chi connectivity index (χ1v) is 6.80. The molecule has 1 aliphatic heterocycles. The molecule has 0 bridgehead atoms. The molecule has 0 radical (unpaired) electrons. The summed E-state index contributed by atoms with van der Waals surface area (Å²) >= 11 is 0. The maximum absolute atomic E-state index is 3.22. The van der Waals surface area contributed by atoms with E-state index in [0.29, 0.717) is 6.04 Å². The highest BCUT2D eigenvalue weighted by molar-refractivity contribution is 5.62. The zero-order valence-electron chi connectivity index (χ0n) is 11.3. The molecule has 1 atom stereocenters. The third-order valence-corrected chi connectivity index (χ3v) is 3.80. The number of anilines is 1. The lowest BCUT2D eigenvalue weighted by Gasteiger charge is -2.22. The van der Waals surface area contributed by atoms with Gasteiger partial charge in [0, 0.05) is 18.3 Å². The summed E-state index contributed by atoms with van der Waals surface area (Å²) in [5.74, 6) is 0. The van der Waals surface area contributed by atoms with Crippen molar-refractivity contribution in [2.75, 3.05) is 25.0 Å². The van der Waals surface area contributed by atoms with Crippen molar-refractivity contribution in [2.24, 2.45) is 0 Å². The molecule has 17 heavy (non-hydrogen) atoms. The van der Waals surface area contributed by atoms with Gasteiger partial charge in [-0.15, -0.1) is 0 Å². The molecule has 1 N–H and O–H groups in total. The van der Waals surface area contributed by atoms with Crippen LogP contribution in [0.25, 0.3) is 0 Å². The molecule has 1 unspecified atom stereocenters. The fourth-order valence-corrected chi connectivity index (χ4v) is 2.94. The number of nitrogens with zero attached hydrogens (tertiary/aromatic N) is 1. The van der Waals surface area contributed by atoms with Crippen LogP contribution < -0.4 is 10.2 Å². The molecule has 0 spiro atoms. The summed E-state index contributed by atoms with van der Waals surface area (Å²) in [7, 11) is 2.02. The van der Waals surface area contributed by atoms with Crippen LogP contribution in [0.3, 0.4) is 0 Å². The smallest absolute Gasteiger partial charge is 0.0404 e. The van der Waals surface area contributed by atoms with Gasteiger partial charge in [0.05, 0.1) is 0 Å². The van der Waals surface area contributed by atoms with Crippen LogP contribution in [-0.2, 0) is 12.8 Å². The Labute approximate surface area is 105 Å². The SMILES string of the molecule is CCN1c2cccc(CCCNC)c2CC1C. The number of aryl methyl sites for hydroxylation is 1. The molecule has 0 saturated heterocycles. The molecular formula is C15H24N2. The number of likely N-dealkylation sites (N-methyl/N-ethyl adjacent to an activating group) is 1. The van der Waals surface area contributed by atoms with Gasteiger partial charge in [-0.25, -0.2) is 0 Å². The number of hydrogen-bond acceptors (Lipinski definition) is 2. The standard InChI is InChI=1S/C15H24N2/c1-4-17-12(2)11-14-13(8-6-10-16-3)7-5-9-15(14)17/h5,7,9,12,16H,4,6,8,10-11H2,1-3H3. The van der Waals surface area contributed by atoms with Gasteiger partial charge in [-0.2, -0.15) is 0 Å². The average molecular weight is 232 g/mol. The first-order chi connectivity index (χ1) is 8.27. The monoisotopic (exact) mass is 232 g/mol. The number of benzene rings is 1. The van der Waals surface area contributed by atoms with Crippen molar-refractivity contribution in [3.8, 4) is 0 Å². The lowest BCUT2D eigenvalue weighted by Crippen LogP contribution is -2.28. The minimum Gasteiger partial charge on any atom is -0.369 e. The Balaban J connectivity index is 2.18. The molecule has 1 aliphatic rings. The maximum Gasteiger partial charge on any atom is 0.0404 e. The van der Waals surface area contributed by atoms with E-state index in [0.717, 1.165) is 13.1 Å². The predicted octanol–water partition coefficient (Wildman–Crippen LogP) is 2.61. The van der Waals surface area contributed by atoms with Crippen LogP contribution in [0.5, 0.6) is 0 Å². The summed E-state index contributed by atoms with van der Waals surface area (Å²) < 4.78 is 0. The summed E-state index contributed by atoms with van der Waals surface area (Å²) in [4.78, 5) is 2.52. The van der Waals surface area contributed by atoms with Crippen LogP contribution in [-0.4, -0.2) is 26.2 Å². The van der Waals surface area contributed by atoms with E-state index in [4.69, 9.17) is 0 Å². The first-order valence-electron chi connectivity index (χ1n) is 6.80. The molecule has 1 aromatic rings. The molecular weight excluding hydrogens is 208 g/mol. The van der Waals surface area contributed by atoms with Gasteiger partial charge in [-0.05, 0) is 63.9 Å². The third kappa shape index (κ3) is 2.47. The number of nitrogens with one attached hydrogen (secondary N) is 1. The van der Waals surface area contributed by atoms with Crippen LogP contribution >= 0.6 is 0 Å². The van der Waals surface area contributed by atoms with Gasteiger partial charge in [0.25, 0.3) is 0 Å². The van der Waals surface area contributed by atoms with Gasteiger partial charge in [-0.3, -0.25) is 0 Å². The zero-order valence-corrected chi connectivity index (χ0v) is 11.3. The molecule has 2 heteroatoms. The van der Waals surface area contributed by atoms with Gasteiger partial charge >= 0.3 is 0 Å². The Bertz CT molecular complexity index is 373. The van der Waals surface area contributed by atoms with E-state index in [-0.39, 0.29) is 0 Å². The molecule has 0 amide bonds. The van der Waals surface area contributed by atoms with Crippen molar-refractivity contribution in [1.29, 1.82) is 0 Å². The lowest BCUT2D eigenvalue weighted by molar-refractivity contribution is 0.685. The predicted molar refractivity (Wildman–Crippen MR) is 74.9 cm³/mol. The Hall–Kier alpha value is -1.02. The van der Waals surface area contributed by atoms with Crippen molar-refractivity contribution < 1.29 is 0 Å². The quantitative estimate of drug-likeness (QED) is 0.785. The minimum atomic E-state index is 0.667. The van der Waals surface area contributed by atoms with E-state index in [2.05, 4.69) is 42.3 Å². The third-order valence-electron chi connectivity index (χ3n) is 3.80. The Morgan fingerprint density at radius 3 is 2.94 bits per heavy atom. The van der Waals surface area contributed by atoms with Gasteiger partial charge in [0.1, 0.15) is 0 Å². The van der Waals surface area contributed by atoms with Crippen molar-refractivity contribution in [2.45, 2.75) is 39.2 Å². The fourth-order valence-electron chi connectivity index (χ4n) is 2.94. The summed E-state index contributed by atoms with van der Waals surface area (Å²) in [5.41, 5.74) is 4.63. The minimum absolute atomic E-state index is 0.667. The Kier molecular flexibility index (Phi) is 4.06. The van der Waals surface area contributed by atoms with Crippen LogP contribution in [0.15, 0.2) is 18.2 Å². The van der Waals surface area contributed by atoms with Crippen molar-refractivity contribution in [3.05, 3.63) is 29.3 Å². The number of hydrogen-bond donors (Lipinski definition) is 1. The second-order valence-corrected chi connectivity index (χ2v) is 4.96. The second kappa shape index (κ2) is 5.54. The van der Waals surface area contributed by atoms with Crippen molar-refractivity contribution in [1.82, 2.24) is 5.32 Å². The molecule has 0 aliphatic carbocycles. The van der Waals surface area contributed by atoms with Crippen LogP contribution in [0, 0.1) is 0 Å². The molecule has 94 valence electrons. The molecule has 1 aromatic carbocycles. The van der Waals surface area contributed by atoms with Crippen LogP contribution in [0.1, 0.15) is 31.4 Å². The molecule has 2 rings (SSSR count). The molecule has 0 saturated carbocycles. The second-order valence-electron chi connectivity index (χ2n) is 4.96. The van der Waals surface area contributed by atoms with Gasteiger partial charge < -0.3 is 10.2 Å². The van der Waals surface area contributed by atoms with E-state index in [1.54, 1.807) is 11.1 Å². The number of rotatable bonds is 5. The van der Waals surface area contributed by atoms with E-state index in [1.165, 1.54) is 24.9 Å². The molecule has 1 heterocycles. The average Bonchev–Trinajstić information content (AvgIpc) is 2.66. The van der Waals surface area contributed by atoms with Crippen LogP contribution in [0.2, 0.25) is 0 Å². The highest BCUT2D eigenvalue weighted by Gasteiger charge is 2.25. The summed E-state index contributed by atoms with van der Waals surface area (Å²) in [6.45, 7) is 6.81. The first kappa shape index (κ1) is 12.4. The van der Waals surface area contributed by atoms with E-state index in [1.807, 2.05) is 7.05 Å². The summed E-state index contributed by atoms with van der Waals surface area (Å²) in [5, 5.41) is 3.22. The molecule has 0 fully saturated rings. The van der Waals surface area contributed by atoms with E-state index >= 15 is 0 Å². The van der Waals surface area contributed by atoms with Crippen molar-refractivity contribution in [3.63, 3.8) is 0 Å². The summed E-state index contributed by atoms with van der Waals surface area (Å²) in [6, 6.07) is 7.47. The Morgan fingerprint density at radius 2 is 2.24 bits per heavy atom. The zero-order chi connectivity index (χ0) is 12.3. The topological polar surface area (TPSA) is 15.3 Å².